The molecular weight excluding hydrogens is 130 g/mol. The Bertz CT molecular complexity index is 142. The van der Waals surface area contributed by atoms with E-state index in [9.17, 15) is 5.11 Å². The normalized spacial score (nSPS) is 45.5. The van der Waals surface area contributed by atoms with Crippen molar-refractivity contribution in [2.75, 3.05) is 0 Å². The average Bonchev–Trinajstić information content (AvgIpc) is 2.17. The van der Waals surface area contributed by atoms with E-state index in [-0.39, 0.29) is 18.2 Å². The molecule has 0 radical (unpaired) electrons. The summed E-state index contributed by atoms with van der Waals surface area (Å²) < 4.78 is 0. The largest absolute Gasteiger partial charge is 0.393 e. The number of rotatable bonds is 0. The Hall–Kier alpha value is -0.380. The number of hydrogen-bond donors (Lipinski definition) is 2. The topological polar surface area (TPSA) is 41.5 Å². The van der Waals surface area contributed by atoms with Crippen LogP contribution < -0.4 is 5.48 Å². The highest BCUT2D eigenvalue weighted by molar-refractivity contribution is 5.04. The molecule has 0 spiro atoms. The number of fused-ring (bicyclic) bond motifs is 3. The van der Waals surface area contributed by atoms with E-state index in [2.05, 4.69) is 11.6 Å². The van der Waals surface area contributed by atoms with Crippen molar-refractivity contribution in [2.24, 2.45) is 0 Å². The van der Waals surface area contributed by atoms with Gasteiger partial charge in [0.05, 0.1) is 18.2 Å². The second-order valence-electron chi connectivity index (χ2n) is 2.89. The minimum absolute atomic E-state index is 0.0775. The van der Waals surface area contributed by atoms with Crippen LogP contribution in [0.25, 0.3) is 0 Å². The predicted octanol–water partition coefficient (Wildman–Crippen LogP) is -0.0307. The van der Waals surface area contributed by atoms with E-state index < -0.39 is 0 Å². The molecule has 1 fully saturated rings. The van der Waals surface area contributed by atoms with Crippen molar-refractivity contribution in [1.29, 1.82) is 0 Å². The van der Waals surface area contributed by atoms with E-state index in [1.807, 2.05) is 6.08 Å². The van der Waals surface area contributed by atoms with Crippen molar-refractivity contribution < 1.29 is 9.94 Å². The van der Waals surface area contributed by atoms with Crippen LogP contribution in [0, 0.1) is 0 Å². The molecule has 0 amide bonds. The molecule has 0 aromatic heterocycles. The van der Waals surface area contributed by atoms with Crippen molar-refractivity contribution in [3.63, 3.8) is 0 Å². The molecule has 2 N–H and O–H groups in total. The zero-order chi connectivity index (χ0) is 6.97. The standard InChI is InChI=1S/C7H11NO2/c9-6-3-5-1-2-7(4-6)10-8-5/h1-2,5-9H,3-4H2/t5-,6-,7+/m1/s1. The highest BCUT2D eigenvalue weighted by Crippen LogP contribution is 2.19. The van der Waals surface area contributed by atoms with E-state index in [0.29, 0.717) is 0 Å². The minimum Gasteiger partial charge on any atom is -0.393 e. The summed E-state index contributed by atoms with van der Waals surface area (Å²) in [4.78, 5) is 5.18. The number of aliphatic hydroxyl groups is 1. The van der Waals surface area contributed by atoms with Crippen molar-refractivity contribution in [1.82, 2.24) is 5.48 Å². The second kappa shape index (κ2) is 2.34. The Morgan fingerprint density at radius 3 is 3.00 bits per heavy atom. The fraction of sp³-hybridized carbons (Fsp3) is 0.714. The zero-order valence-electron chi connectivity index (χ0n) is 5.66. The molecule has 2 bridgehead atoms. The molecule has 3 aliphatic rings. The Kier molecular flexibility index (Phi) is 1.48. The molecular formula is C7H11NO2. The third-order valence-corrected chi connectivity index (χ3v) is 1.96. The molecule has 3 rings (SSSR count). The summed E-state index contributed by atoms with van der Waals surface area (Å²) in [6.07, 6.45) is 5.43. The van der Waals surface area contributed by atoms with Gasteiger partial charge in [-0.15, -0.1) is 0 Å². The molecule has 10 heavy (non-hydrogen) atoms. The molecule has 1 aliphatic carbocycles. The van der Waals surface area contributed by atoms with Gasteiger partial charge in [-0.25, -0.2) is 0 Å². The van der Waals surface area contributed by atoms with Gasteiger partial charge in [-0.05, 0) is 6.42 Å². The van der Waals surface area contributed by atoms with Gasteiger partial charge in [0.1, 0.15) is 0 Å². The summed E-state index contributed by atoms with van der Waals surface area (Å²) in [6.45, 7) is 0. The summed E-state index contributed by atoms with van der Waals surface area (Å²) in [7, 11) is 0. The SMILES string of the molecule is O[C@@H]1C[C@H]2C=C[C@@H](C1)ON2. The van der Waals surface area contributed by atoms with Crippen LogP contribution in [0.3, 0.4) is 0 Å². The molecule has 3 heteroatoms. The summed E-state index contributed by atoms with van der Waals surface area (Å²) in [5.74, 6) is 0. The highest BCUT2D eigenvalue weighted by Gasteiger charge is 2.25. The molecule has 0 aromatic rings. The van der Waals surface area contributed by atoms with Gasteiger partial charge in [-0.2, -0.15) is 5.48 Å². The average molecular weight is 141 g/mol. The monoisotopic (exact) mass is 141 g/mol. The van der Waals surface area contributed by atoms with Crippen LogP contribution >= 0.6 is 0 Å². The quantitative estimate of drug-likeness (QED) is 0.465. The summed E-state index contributed by atoms with van der Waals surface area (Å²) >= 11 is 0. The van der Waals surface area contributed by atoms with Crippen molar-refractivity contribution in [3.8, 4) is 0 Å². The van der Waals surface area contributed by atoms with Crippen molar-refractivity contribution >= 4 is 0 Å². The number of aliphatic hydroxyl groups excluding tert-OH is 1. The van der Waals surface area contributed by atoms with Gasteiger partial charge in [-0.3, -0.25) is 4.84 Å². The van der Waals surface area contributed by atoms with E-state index in [4.69, 9.17) is 4.84 Å². The molecule has 56 valence electrons. The maximum Gasteiger partial charge on any atom is 0.0996 e. The smallest absolute Gasteiger partial charge is 0.0996 e. The Labute approximate surface area is 59.6 Å². The third-order valence-electron chi connectivity index (χ3n) is 1.96. The van der Waals surface area contributed by atoms with Gasteiger partial charge in [0.25, 0.3) is 0 Å². The van der Waals surface area contributed by atoms with Crippen LogP contribution in [0.4, 0.5) is 0 Å². The Morgan fingerprint density at radius 2 is 2.30 bits per heavy atom. The number of nitrogens with one attached hydrogen (secondary N) is 1. The zero-order valence-corrected chi connectivity index (χ0v) is 5.66. The van der Waals surface area contributed by atoms with Gasteiger partial charge in [0.2, 0.25) is 0 Å². The molecule has 2 heterocycles. The van der Waals surface area contributed by atoms with Gasteiger partial charge in [-0.1, -0.05) is 12.2 Å². The van der Waals surface area contributed by atoms with Crippen LogP contribution in [0.5, 0.6) is 0 Å². The molecule has 3 atom stereocenters. The molecule has 3 nitrogen and oxygen atoms in total. The van der Waals surface area contributed by atoms with E-state index >= 15 is 0 Å². The van der Waals surface area contributed by atoms with E-state index in [1.165, 1.54) is 0 Å². The lowest BCUT2D eigenvalue weighted by Gasteiger charge is -2.17. The summed E-state index contributed by atoms with van der Waals surface area (Å²) in [5, 5.41) is 9.31. The maximum atomic E-state index is 9.31. The fourth-order valence-electron chi connectivity index (χ4n) is 1.42. The number of hydroxylamine groups is 1. The first kappa shape index (κ1) is 6.34. The molecule has 0 saturated carbocycles. The molecule has 2 aliphatic heterocycles. The maximum absolute atomic E-state index is 9.31. The first-order valence-corrected chi connectivity index (χ1v) is 3.62. The minimum atomic E-state index is -0.208. The lowest BCUT2D eigenvalue weighted by atomic mass is 10.1. The van der Waals surface area contributed by atoms with Crippen LogP contribution in [0.2, 0.25) is 0 Å². The number of hydrogen-bond acceptors (Lipinski definition) is 3. The predicted molar refractivity (Wildman–Crippen MR) is 36.2 cm³/mol. The van der Waals surface area contributed by atoms with Crippen LogP contribution in [-0.4, -0.2) is 23.4 Å². The summed E-state index contributed by atoms with van der Waals surface area (Å²) in [6, 6.07) is 0.216. The van der Waals surface area contributed by atoms with Gasteiger partial charge >= 0.3 is 0 Å². The van der Waals surface area contributed by atoms with E-state index in [1.54, 1.807) is 0 Å². The lowest BCUT2D eigenvalue weighted by Crippen LogP contribution is -2.32. The second-order valence-corrected chi connectivity index (χ2v) is 2.89. The lowest BCUT2D eigenvalue weighted by molar-refractivity contribution is -0.0151. The Balaban J connectivity index is 2.14. The van der Waals surface area contributed by atoms with Crippen molar-refractivity contribution in [2.45, 2.75) is 31.1 Å². The fourth-order valence-corrected chi connectivity index (χ4v) is 1.42. The molecule has 1 saturated heterocycles. The Morgan fingerprint density at radius 1 is 1.40 bits per heavy atom. The highest BCUT2D eigenvalue weighted by atomic mass is 16.7. The van der Waals surface area contributed by atoms with Gasteiger partial charge in [0.15, 0.2) is 0 Å². The third kappa shape index (κ3) is 1.08. The first-order chi connectivity index (χ1) is 4.84. The van der Waals surface area contributed by atoms with Gasteiger partial charge < -0.3 is 5.11 Å². The molecule has 0 unspecified atom stereocenters. The molecule has 0 aromatic carbocycles. The summed E-state index contributed by atoms with van der Waals surface area (Å²) in [5.41, 5.74) is 2.86. The van der Waals surface area contributed by atoms with Crippen molar-refractivity contribution in [3.05, 3.63) is 12.2 Å². The first-order valence-electron chi connectivity index (χ1n) is 3.62. The van der Waals surface area contributed by atoms with Crippen LogP contribution in [-0.2, 0) is 4.84 Å². The van der Waals surface area contributed by atoms with Gasteiger partial charge in [0, 0.05) is 6.42 Å². The van der Waals surface area contributed by atoms with E-state index in [0.717, 1.165) is 12.8 Å². The van der Waals surface area contributed by atoms with Crippen LogP contribution in [0.1, 0.15) is 12.8 Å². The van der Waals surface area contributed by atoms with Crippen LogP contribution in [0.15, 0.2) is 12.2 Å².